The zero-order chi connectivity index (χ0) is 15.6. The number of nitrogens with one attached hydrogen (secondary N) is 1. The molecule has 1 saturated heterocycles. The van der Waals surface area contributed by atoms with Crippen molar-refractivity contribution in [2.24, 2.45) is 0 Å². The summed E-state index contributed by atoms with van der Waals surface area (Å²) in [5, 5.41) is 2.48. The van der Waals surface area contributed by atoms with E-state index in [0.717, 1.165) is 18.2 Å². The zero-order valence-corrected chi connectivity index (χ0v) is 14.1. The van der Waals surface area contributed by atoms with E-state index in [1.54, 1.807) is 4.90 Å². The third-order valence-corrected chi connectivity index (χ3v) is 3.74. The molecule has 1 heterocycles. The summed E-state index contributed by atoms with van der Waals surface area (Å²) in [5.41, 5.74) is -0.911. The van der Waals surface area contributed by atoms with Gasteiger partial charge in [-0.25, -0.2) is 8.78 Å². The summed E-state index contributed by atoms with van der Waals surface area (Å²) in [6.45, 7) is 1.95. The maximum absolute atomic E-state index is 13.3. The Morgan fingerprint density at radius 2 is 1.65 bits per heavy atom. The first-order chi connectivity index (χ1) is 9.80. The summed E-state index contributed by atoms with van der Waals surface area (Å²) in [4.78, 5) is 1.56. The van der Waals surface area contributed by atoms with Crippen molar-refractivity contribution in [3.05, 3.63) is 34.3 Å². The average Bonchev–Trinajstić information content (AvgIpc) is 2.38. The molecule has 0 spiro atoms. The Bertz CT molecular complexity index is 493. The number of hydrogen-bond donors (Lipinski definition) is 1. The van der Waals surface area contributed by atoms with E-state index in [-0.39, 0.29) is 30.4 Å². The van der Waals surface area contributed by atoms with E-state index in [0.29, 0.717) is 26.2 Å². The lowest BCUT2D eigenvalue weighted by Crippen LogP contribution is -2.46. The van der Waals surface area contributed by atoms with E-state index in [9.17, 15) is 22.0 Å². The van der Waals surface area contributed by atoms with Crippen molar-refractivity contribution in [1.82, 2.24) is 10.2 Å². The average molecular weight is 402 g/mol. The molecule has 2 nitrogen and oxygen atoms in total. The maximum atomic E-state index is 13.3. The molecule has 0 saturated carbocycles. The van der Waals surface area contributed by atoms with Crippen molar-refractivity contribution in [3.8, 4) is 0 Å². The molecule has 1 aliphatic heterocycles. The molecule has 0 radical (unpaired) electrons. The second-order valence-electron chi connectivity index (χ2n) is 4.80. The number of piperazine rings is 1. The van der Waals surface area contributed by atoms with Crippen LogP contribution in [0.4, 0.5) is 22.0 Å². The Balaban J connectivity index is 0.00000242. The molecule has 1 atom stereocenters. The Labute approximate surface area is 148 Å². The summed E-state index contributed by atoms with van der Waals surface area (Å²) in [5.74, 6) is 0. The fourth-order valence-electron chi connectivity index (χ4n) is 2.42. The van der Waals surface area contributed by atoms with Gasteiger partial charge in [0.25, 0.3) is 6.43 Å². The molecule has 1 aromatic rings. The highest BCUT2D eigenvalue weighted by atomic mass is 35.5. The van der Waals surface area contributed by atoms with Crippen LogP contribution in [0.2, 0.25) is 5.02 Å². The highest BCUT2D eigenvalue weighted by molar-refractivity contribution is 6.31. The Morgan fingerprint density at radius 3 is 2.09 bits per heavy atom. The molecule has 1 aromatic carbocycles. The SMILES string of the molecule is Cl.Cl.FC(F)[C@H](c1ccc(C(F)(F)F)c(Cl)c1)N1CCNCC1. The minimum absolute atomic E-state index is 0. The van der Waals surface area contributed by atoms with Gasteiger partial charge in [0.05, 0.1) is 16.6 Å². The predicted octanol–water partition coefficient (Wildman–Crippen LogP) is 4.41. The predicted molar refractivity (Wildman–Crippen MR) is 84.1 cm³/mol. The lowest BCUT2D eigenvalue weighted by atomic mass is 10.0. The van der Waals surface area contributed by atoms with Crippen molar-refractivity contribution in [2.75, 3.05) is 26.2 Å². The quantitative estimate of drug-likeness (QED) is 0.755. The first kappa shape index (κ1) is 22.7. The van der Waals surface area contributed by atoms with E-state index < -0.39 is 29.2 Å². The van der Waals surface area contributed by atoms with E-state index in [4.69, 9.17) is 11.6 Å². The smallest absolute Gasteiger partial charge is 0.314 e. The number of rotatable bonds is 3. The molecule has 1 fully saturated rings. The van der Waals surface area contributed by atoms with Crippen molar-refractivity contribution in [1.29, 1.82) is 0 Å². The normalized spacial score (nSPS) is 17.3. The lowest BCUT2D eigenvalue weighted by molar-refractivity contribution is -0.137. The van der Waals surface area contributed by atoms with Crippen molar-refractivity contribution < 1.29 is 22.0 Å². The van der Waals surface area contributed by atoms with E-state index in [1.165, 1.54) is 0 Å². The van der Waals surface area contributed by atoms with Crippen LogP contribution in [0.25, 0.3) is 0 Å². The standard InChI is InChI=1S/C13H14ClF5N2.2ClH/c14-10-7-8(1-2-9(10)13(17,18)19)11(12(15)16)21-5-3-20-4-6-21;;/h1-2,7,11-12,20H,3-6H2;2*1H/t11-;;/m0../s1. The molecule has 1 N–H and O–H groups in total. The minimum atomic E-state index is -4.59. The molecule has 0 bridgehead atoms. The number of nitrogens with zero attached hydrogens (tertiary/aromatic N) is 1. The molecule has 0 aliphatic carbocycles. The van der Waals surface area contributed by atoms with Crippen molar-refractivity contribution >= 4 is 36.4 Å². The molecule has 0 unspecified atom stereocenters. The maximum Gasteiger partial charge on any atom is 0.417 e. The Morgan fingerprint density at radius 1 is 1.09 bits per heavy atom. The van der Waals surface area contributed by atoms with Gasteiger partial charge in [-0.1, -0.05) is 17.7 Å². The number of benzene rings is 1. The number of halogens is 8. The monoisotopic (exact) mass is 400 g/mol. The minimum Gasteiger partial charge on any atom is -0.314 e. The van der Waals surface area contributed by atoms with Crippen LogP contribution in [0.3, 0.4) is 0 Å². The van der Waals surface area contributed by atoms with Gasteiger partial charge in [-0.3, -0.25) is 4.90 Å². The third-order valence-electron chi connectivity index (χ3n) is 3.42. The Kier molecular flexibility index (Phi) is 9.09. The van der Waals surface area contributed by atoms with Gasteiger partial charge in [-0.2, -0.15) is 13.2 Å². The van der Waals surface area contributed by atoms with E-state index in [1.807, 2.05) is 0 Å². The van der Waals surface area contributed by atoms with Crippen LogP contribution < -0.4 is 5.32 Å². The first-order valence-corrected chi connectivity index (χ1v) is 6.78. The fraction of sp³-hybridized carbons (Fsp3) is 0.538. The number of hydrogen-bond acceptors (Lipinski definition) is 2. The van der Waals surface area contributed by atoms with Gasteiger partial charge in [0, 0.05) is 26.2 Å². The largest absolute Gasteiger partial charge is 0.417 e. The number of alkyl halides is 5. The third kappa shape index (κ3) is 5.60. The summed E-state index contributed by atoms with van der Waals surface area (Å²) in [6.07, 6.45) is -7.29. The van der Waals surface area contributed by atoms with Gasteiger partial charge >= 0.3 is 6.18 Å². The molecule has 0 aromatic heterocycles. The lowest BCUT2D eigenvalue weighted by Gasteiger charge is -2.34. The second-order valence-corrected chi connectivity index (χ2v) is 5.21. The van der Waals surface area contributed by atoms with Crippen LogP contribution in [-0.2, 0) is 6.18 Å². The molecule has 2 rings (SSSR count). The van der Waals surface area contributed by atoms with Gasteiger partial charge in [-0.05, 0) is 17.7 Å². The molecule has 10 heteroatoms. The first-order valence-electron chi connectivity index (χ1n) is 6.40. The van der Waals surface area contributed by atoms with Gasteiger partial charge in [0.2, 0.25) is 0 Å². The second kappa shape index (κ2) is 9.22. The van der Waals surface area contributed by atoms with Gasteiger partial charge in [-0.15, -0.1) is 24.8 Å². The molecular weight excluding hydrogens is 386 g/mol. The summed E-state index contributed by atoms with van der Waals surface area (Å²) >= 11 is 5.61. The van der Waals surface area contributed by atoms with Gasteiger partial charge in [0.15, 0.2) is 0 Å². The summed E-state index contributed by atoms with van der Waals surface area (Å²) < 4.78 is 64.5. The molecule has 1 aliphatic rings. The van der Waals surface area contributed by atoms with Crippen LogP contribution >= 0.6 is 36.4 Å². The van der Waals surface area contributed by atoms with Crippen LogP contribution in [-0.4, -0.2) is 37.5 Å². The van der Waals surface area contributed by atoms with Crippen molar-refractivity contribution in [2.45, 2.75) is 18.6 Å². The van der Waals surface area contributed by atoms with E-state index in [2.05, 4.69) is 5.32 Å². The van der Waals surface area contributed by atoms with Gasteiger partial charge in [0.1, 0.15) is 0 Å². The fourth-order valence-corrected chi connectivity index (χ4v) is 2.72. The highest BCUT2D eigenvalue weighted by Crippen LogP contribution is 2.37. The topological polar surface area (TPSA) is 15.3 Å². The van der Waals surface area contributed by atoms with Gasteiger partial charge < -0.3 is 5.32 Å². The van der Waals surface area contributed by atoms with Crippen LogP contribution in [0.1, 0.15) is 17.2 Å². The molecule has 0 amide bonds. The van der Waals surface area contributed by atoms with Crippen molar-refractivity contribution in [3.63, 3.8) is 0 Å². The van der Waals surface area contributed by atoms with Crippen LogP contribution in [0.5, 0.6) is 0 Å². The molecule has 23 heavy (non-hydrogen) atoms. The van der Waals surface area contributed by atoms with Crippen LogP contribution in [0.15, 0.2) is 18.2 Å². The van der Waals surface area contributed by atoms with E-state index >= 15 is 0 Å². The Hall–Kier alpha value is -0.340. The molecular formula is C13H16Cl3F5N2. The zero-order valence-electron chi connectivity index (χ0n) is 11.7. The highest BCUT2D eigenvalue weighted by Gasteiger charge is 2.35. The van der Waals surface area contributed by atoms with Crippen LogP contribution in [0, 0.1) is 0 Å². The summed E-state index contributed by atoms with van der Waals surface area (Å²) in [6, 6.07) is 1.58. The summed E-state index contributed by atoms with van der Waals surface area (Å²) in [7, 11) is 0. The molecule has 134 valence electrons.